The van der Waals surface area contributed by atoms with Crippen LogP contribution in [-0.4, -0.2) is 46.7 Å². The third-order valence-electron chi connectivity index (χ3n) is 4.33. The van der Waals surface area contributed by atoms with E-state index in [9.17, 15) is 4.79 Å². The molecule has 1 atom stereocenters. The molecule has 9 nitrogen and oxygen atoms in total. The Balaban J connectivity index is 0.000000659. The van der Waals surface area contributed by atoms with E-state index in [0.29, 0.717) is 19.6 Å². The van der Waals surface area contributed by atoms with Gasteiger partial charge in [-0.25, -0.2) is 4.98 Å². The van der Waals surface area contributed by atoms with Crippen LogP contribution in [0.1, 0.15) is 30.2 Å². The van der Waals surface area contributed by atoms with Crippen molar-refractivity contribution in [2.45, 2.75) is 32.6 Å². The highest BCUT2D eigenvalue weighted by molar-refractivity contribution is 5.81. The standard InChI is InChI=1S/C17H18N6O.CH2O2/c1-13-17(24)22(9-14-5-3-2-4-6-14)11-16-20-19-15(23(13)16)10-21-8-7-18-12-21;2-1-3/h2-8,12-13H,9-11H2,1H3;1H,(H,2,3)/t13-;/m0./s1. The van der Waals surface area contributed by atoms with Crippen LogP contribution in [0.2, 0.25) is 0 Å². The zero-order valence-corrected chi connectivity index (χ0v) is 14.8. The second kappa shape index (κ2) is 8.26. The number of imidazole rings is 1. The van der Waals surface area contributed by atoms with Crippen LogP contribution in [0.3, 0.4) is 0 Å². The third-order valence-corrected chi connectivity index (χ3v) is 4.33. The van der Waals surface area contributed by atoms with Gasteiger partial charge in [0, 0.05) is 18.9 Å². The van der Waals surface area contributed by atoms with Crippen molar-refractivity contribution in [3.05, 3.63) is 66.3 Å². The molecule has 1 aromatic carbocycles. The smallest absolute Gasteiger partial charge is 0.290 e. The molecule has 1 aliphatic heterocycles. The third kappa shape index (κ3) is 4.02. The summed E-state index contributed by atoms with van der Waals surface area (Å²) in [5, 5.41) is 15.5. The van der Waals surface area contributed by atoms with E-state index < -0.39 is 0 Å². The van der Waals surface area contributed by atoms with E-state index in [1.54, 1.807) is 12.5 Å². The summed E-state index contributed by atoms with van der Waals surface area (Å²) in [6.07, 6.45) is 5.33. The Morgan fingerprint density at radius 3 is 2.63 bits per heavy atom. The summed E-state index contributed by atoms with van der Waals surface area (Å²) >= 11 is 0. The van der Waals surface area contributed by atoms with Gasteiger partial charge in [0.25, 0.3) is 6.47 Å². The van der Waals surface area contributed by atoms with Crippen molar-refractivity contribution in [1.82, 2.24) is 29.2 Å². The lowest BCUT2D eigenvalue weighted by atomic mass is 10.1. The Labute approximate surface area is 155 Å². The van der Waals surface area contributed by atoms with Crippen LogP contribution in [0.25, 0.3) is 0 Å². The van der Waals surface area contributed by atoms with Gasteiger partial charge in [-0.3, -0.25) is 14.2 Å². The number of carboxylic acid groups (broad SMARTS) is 1. The van der Waals surface area contributed by atoms with Gasteiger partial charge in [0.2, 0.25) is 5.91 Å². The Morgan fingerprint density at radius 2 is 1.96 bits per heavy atom. The van der Waals surface area contributed by atoms with Gasteiger partial charge in [-0.1, -0.05) is 30.3 Å². The molecule has 3 heterocycles. The number of hydrogen-bond acceptors (Lipinski definition) is 5. The van der Waals surface area contributed by atoms with Crippen LogP contribution >= 0.6 is 0 Å². The van der Waals surface area contributed by atoms with Crippen LogP contribution in [0.5, 0.6) is 0 Å². The van der Waals surface area contributed by atoms with Crippen LogP contribution in [0, 0.1) is 0 Å². The van der Waals surface area contributed by atoms with Gasteiger partial charge in [-0.05, 0) is 12.5 Å². The molecule has 0 radical (unpaired) electrons. The first-order valence-electron chi connectivity index (χ1n) is 8.43. The molecule has 140 valence electrons. The van der Waals surface area contributed by atoms with Gasteiger partial charge in [0.15, 0.2) is 11.6 Å². The summed E-state index contributed by atoms with van der Waals surface area (Å²) in [7, 11) is 0. The summed E-state index contributed by atoms with van der Waals surface area (Å²) in [5.74, 6) is 1.70. The van der Waals surface area contributed by atoms with Crippen molar-refractivity contribution in [3.63, 3.8) is 0 Å². The fraction of sp³-hybridized carbons (Fsp3) is 0.278. The van der Waals surface area contributed by atoms with Crippen LogP contribution in [0.4, 0.5) is 0 Å². The average molecular weight is 368 g/mol. The zero-order valence-electron chi connectivity index (χ0n) is 14.8. The van der Waals surface area contributed by atoms with Crippen molar-refractivity contribution >= 4 is 12.4 Å². The normalized spacial score (nSPS) is 15.7. The van der Waals surface area contributed by atoms with Crippen molar-refractivity contribution in [2.24, 2.45) is 0 Å². The number of carbonyl (C=O) groups excluding carboxylic acids is 1. The predicted molar refractivity (Wildman–Crippen MR) is 95.5 cm³/mol. The van der Waals surface area contributed by atoms with Crippen molar-refractivity contribution < 1.29 is 14.7 Å². The lowest BCUT2D eigenvalue weighted by Crippen LogP contribution is -2.41. The molecule has 27 heavy (non-hydrogen) atoms. The number of aromatic nitrogens is 5. The fourth-order valence-electron chi connectivity index (χ4n) is 3.13. The van der Waals surface area contributed by atoms with Gasteiger partial charge >= 0.3 is 0 Å². The van der Waals surface area contributed by atoms with Gasteiger partial charge in [-0.15, -0.1) is 10.2 Å². The van der Waals surface area contributed by atoms with E-state index in [0.717, 1.165) is 17.2 Å². The van der Waals surface area contributed by atoms with E-state index in [4.69, 9.17) is 9.90 Å². The lowest BCUT2D eigenvalue weighted by molar-refractivity contribution is -0.137. The number of amides is 1. The molecule has 0 saturated carbocycles. The predicted octanol–water partition coefficient (Wildman–Crippen LogP) is 1.33. The molecule has 1 aliphatic rings. The molecular weight excluding hydrogens is 348 g/mol. The first-order valence-corrected chi connectivity index (χ1v) is 8.43. The number of rotatable bonds is 4. The molecule has 0 saturated heterocycles. The maximum absolute atomic E-state index is 12.8. The molecule has 1 N–H and O–H groups in total. The number of benzene rings is 1. The minimum atomic E-state index is -0.300. The van der Waals surface area contributed by atoms with Crippen molar-refractivity contribution in [2.75, 3.05) is 0 Å². The van der Waals surface area contributed by atoms with E-state index in [1.165, 1.54) is 0 Å². The highest BCUT2D eigenvalue weighted by Crippen LogP contribution is 2.24. The maximum Gasteiger partial charge on any atom is 0.290 e. The van der Waals surface area contributed by atoms with E-state index >= 15 is 0 Å². The zero-order chi connectivity index (χ0) is 19.2. The van der Waals surface area contributed by atoms with Crippen LogP contribution in [0.15, 0.2) is 49.1 Å². The van der Waals surface area contributed by atoms with Gasteiger partial charge in [0.1, 0.15) is 6.04 Å². The molecule has 0 fully saturated rings. The van der Waals surface area contributed by atoms with Crippen molar-refractivity contribution in [1.29, 1.82) is 0 Å². The Bertz CT molecular complexity index is 891. The number of carbonyl (C=O) groups is 2. The SMILES string of the molecule is C[C@H]1C(=O)N(Cc2ccccc2)Cc2nnc(Cn3ccnc3)n21.O=CO. The molecule has 0 spiro atoms. The molecule has 9 heteroatoms. The number of nitrogens with zero attached hydrogens (tertiary/aromatic N) is 6. The molecule has 0 unspecified atom stereocenters. The Hall–Kier alpha value is -3.49. The average Bonchev–Trinajstić information content (AvgIpc) is 3.32. The van der Waals surface area contributed by atoms with Crippen molar-refractivity contribution in [3.8, 4) is 0 Å². The second-order valence-electron chi connectivity index (χ2n) is 6.10. The first kappa shape index (κ1) is 18.3. The van der Waals surface area contributed by atoms with Gasteiger partial charge < -0.3 is 14.6 Å². The number of fused-ring (bicyclic) bond motifs is 1. The molecular formula is C18H20N6O3. The fourth-order valence-corrected chi connectivity index (χ4v) is 3.13. The molecule has 0 aliphatic carbocycles. The summed E-state index contributed by atoms with van der Waals surface area (Å²) < 4.78 is 3.87. The molecule has 2 aromatic heterocycles. The summed E-state index contributed by atoms with van der Waals surface area (Å²) in [6.45, 7) is 3.29. The quantitative estimate of drug-likeness (QED) is 0.696. The van der Waals surface area contributed by atoms with Crippen LogP contribution in [-0.2, 0) is 29.2 Å². The minimum Gasteiger partial charge on any atom is -0.483 e. The second-order valence-corrected chi connectivity index (χ2v) is 6.10. The maximum atomic E-state index is 12.8. The van der Waals surface area contributed by atoms with E-state index in [2.05, 4.69) is 15.2 Å². The summed E-state index contributed by atoms with van der Waals surface area (Å²) in [4.78, 5) is 27.0. The first-order chi connectivity index (χ1) is 13.1. The monoisotopic (exact) mass is 368 g/mol. The molecule has 3 aromatic rings. The summed E-state index contributed by atoms with van der Waals surface area (Å²) in [6, 6.07) is 9.70. The molecule has 4 rings (SSSR count). The van der Waals surface area contributed by atoms with E-state index in [1.807, 2.05) is 57.5 Å². The lowest BCUT2D eigenvalue weighted by Gasteiger charge is -2.32. The summed E-state index contributed by atoms with van der Waals surface area (Å²) in [5.41, 5.74) is 1.12. The Morgan fingerprint density at radius 1 is 1.22 bits per heavy atom. The van der Waals surface area contributed by atoms with Crippen LogP contribution < -0.4 is 0 Å². The molecule has 1 amide bonds. The van der Waals surface area contributed by atoms with Gasteiger partial charge in [0.05, 0.1) is 19.4 Å². The highest BCUT2D eigenvalue weighted by atomic mass is 16.3. The largest absolute Gasteiger partial charge is 0.483 e. The van der Waals surface area contributed by atoms with Gasteiger partial charge in [-0.2, -0.15) is 0 Å². The van der Waals surface area contributed by atoms with E-state index in [-0.39, 0.29) is 18.4 Å². The topological polar surface area (TPSA) is 106 Å². The Kier molecular flexibility index (Phi) is 5.60. The molecule has 0 bridgehead atoms. The minimum absolute atomic E-state index is 0.0954. The number of hydrogen-bond donors (Lipinski definition) is 1. The highest BCUT2D eigenvalue weighted by Gasteiger charge is 2.33.